The molecule has 0 saturated heterocycles. The van der Waals surface area contributed by atoms with Gasteiger partial charge in [0.25, 0.3) is 0 Å². The van der Waals surface area contributed by atoms with E-state index in [-0.39, 0.29) is 10.8 Å². The van der Waals surface area contributed by atoms with Crippen LogP contribution in [0.4, 0.5) is 4.39 Å². The van der Waals surface area contributed by atoms with Crippen LogP contribution in [-0.2, 0) is 12.8 Å². The van der Waals surface area contributed by atoms with Crippen LogP contribution < -0.4 is 0 Å². The van der Waals surface area contributed by atoms with Crippen LogP contribution in [0.5, 0.6) is 0 Å². The predicted molar refractivity (Wildman–Crippen MR) is 73.1 cm³/mol. The third-order valence-corrected chi connectivity index (χ3v) is 4.18. The summed E-state index contributed by atoms with van der Waals surface area (Å²) >= 11 is 7.21. The Labute approximate surface area is 114 Å². The van der Waals surface area contributed by atoms with Crippen molar-refractivity contribution in [1.29, 1.82) is 0 Å². The highest BCUT2D eigenvalue weighted by molar-refractivity contribution is 7.12. The summed E-state index contributed by atoms with van der Waals surface area (Å²) in [7, 11) is 0. The number of hydrogen-bond acceptors (Lipinski definition) is 2. The first kappa shape index (κ1) is 13.2. The number of carbonyl (C=O) groups excluding carboxylic acids is 1. The first-order valence-corrected chi connectivity index (χ1v) is 6.85. The van der Waals surface area contributed by atoms with Crippen molar-refractivity contribution < 1.29 is 9.18 Å². The minimum absolute atomic E-state index is 0.0379. The maximum absolute atomic E-state index is 13.3. The number of Topliss-reactive ketones (excluding diaryl/α,β-unsaturated/α-hetero) is 1. The summed E-state index contributed by atoms with van der Waals surface area (Å²) in [5, 5.41) is 0.0379. The van der Waals surface area contributed by atoms with E-state index in [0.29, 0.717) is 12.0 Å². The van der Waals surface area contributed by atoms with E-state index in [1.807, 2.05) is 12.1 Å². The highest BCUT2D eigenvalue weighted by Crippen LogP contribution is 2.21. The second kappa shape index (κ2) is 5.63. The van der Waals surface area contributed by atoms with Crippen molar-refractivity contribution in [2.75, 3.05) is 0 Å². The normalized spacial score (nSPS) is 10.6. The Morgan fingerprint density at radius 1 is 1.28 bits per heavy atom. The van der Waals surface area contributed by atoms with Crippen molar-refractivity contribution in [2.45, 2.75) is 19.8 Å². The van der Waals surface area contributed by atoms with Crippen molar-refractivity contribution in [1.82, 2.24) is 0 Å². The topological polar surface area (TPSA) is 17.1 Å². The summed E-state index contributed by atoms with van der Waals surface area (Å²) in [6, 6.07) is 8.14. The van der Waals surface area contributed by atoms with Crippen molar-refractivity contribution in [3.05, 3.63) is 56.5 Å². The van der Waals surface area contributed by atoms with E-state index in [1.54, 1.807) is 17.4 Å². The summed E-state index contributed by atoms with van der Waals surface area (Å²) < 4.78 is 13.3. The largest absolute Gasteiger partial charge is 0.294 e. The van der Waals surface area contributed by atoms with Crippen LogP contribution in [0.3, 0.4) is 0 Å². The second-order valence-electron chi connectivity index (χ2n) is 3.95. The Balaban J connectivity index is 2.14. The fourth-order valence-corrected chi connectivity index (χ4v) is 2.71. The van der Waals surface area contributed by atoms with Crippen LogP contribution in [-0.4, -0.2) is 5.78 Å². The highest BCUT2D eigenvalue weighted by Gasteiger charge is 2.11. The van der Waals surface area contributed by atoms with Gasteiger partial charge in [-0.2, -0.15) is 0 Å². The average Bonchev–Trinajstić information content (AvgIpc) is 2.80. The maximum Gasteiger partial charge on any atom is 0.168 e. The molecule has 0 fully saturated rings. The monoisotopic (exact) mass is 282 g/mol. The molecule has 0 unspecified atom stereocenters. The summed E-state index contributed by atoms with van der Waals surface area (Å²) in [6.07, 6.45) is 1.28. The molecule has 1 heterocycles. The van der Waals surface area contributed by atoms with Gasteiger partial charge in [0.15, 0.2) is 5.78 Å². The van der Waals surface area contributed by atoms with Gasteiger partial charge in [0, 0.05) is 21.7 Å². The molecule has 0 atom stereocenters. The number of hydrogen-bond donors (Lipinski definition) is 0. The van der Waals surface area contributed by atoms with Gasteiger partial charge in [-0.15, -0.1) is 11.3 Å². The van der Waals surface area contributed by atoms with Crippen molar-refractivity contribution in [2.24, 2.45) is 0 Å². The van der Waals surface area contributed by atoms with Crippen LogP contribution in [0.2, 0.25) is 5.02 Å². The van der Waals surface area contributed by atoms with Gasteiger partial charge >= 0.3 is 0 Å². The average molecular weight is 283 g/mol. The van der Waals surface area contributed by atoms with E-state index in [0.717, 1.165) is 11.3 Å². The third kappa shape index (κ3) is 2.98. The van der Waals surface area contributed by atoms with Gasteiger partial charge in [-0.25, -0.2) is 4.39 Å². The van der Waals surface area contributed by atoms with E-state index in [2.05, 4.69) is 6.92 Å². The quantitative estimate of drug-likeness (QED) is 0.753. The predicted octanol–water partition coefficient (Wildman–Crippen LogP) is 4.53. The molecule has 0 aliphatic carbocycles. The van der Waals surface area contributed by atoms with Gasteiger partial charge in [-0.3, -0.25) is 4.79 Å². The molecule has 0 amide bonds. The molecule has 1 aromatic carbocycles. The number of halogens is 2. The van der Waals surface area contributed by atoms with E-state index >= 15 is 0 Å². The Morgan fingerprint density at radius 3 is 2.61 bits per heavy atom. The molecule has 1 aromatic heterocycles. The van der Waals surface area contributed by atoms with Gasteiger partial charge in [-0.1, -0.05) is 18.5 Å². The van der Waals surface area contributed by atoms with E-state index in [9.17, 15) is 9.18 Å². The minimum Gasteiger partial charge on any atom is -0.294 e. The maximum atomic E-state index is 13.3. The molecule has 0 aliphatic heterocycles. The lowest BCUT2D eigenvalue weighted by Gasteiger charge is -2.00. The minimum atomic E-state index is -0.553. The lowest BCUT2D eigenvalue weighted by molar-refractivity contribution is 0.0993. The van der Waals surface area contributed by atoms with E-state index in [1.165, 1.54) is 17.0 Å². The Bertz CT molecular complexity index is 577. The number of carbonyl (C=O) groups is 1. The summed E-state index contributed by atoms with van der Waals surface area (Å²) in [5.41, 5.74) is 0.364. The zero-order valence-corrected chi connectivity index (χ0v) is 11.4. The molecule has 2 rings (SSSR count). The standard InChI is InChI=1S/C14H12ClFOS/c1-2-10-4-5-11(18-10)8-14(17)9-3-6-12(15)13(16)7-9/h3-7H,2,8H2,1H3. The van der Waals surface area contributed by atoms with Crippen molar-refractivity contribution in [3.63, 3.8) is 0 Å². The number of ketones is 1. The van der Waals surface area contributed by atoms with Crippen LogP contribution >= 0.6 is 22.9 Å². The van der Waals surface area contributed by atoms with Gasteiger partial charge in [0.05, 0.1) is 5.02 Å². The van der Waals surface area contributed by atoms with Crippen LogP contribution in [0.1, 0.15) is 27.0 Å². The summed E-state index contributed by atoms with van der Waals surface area (Å²) in [5.74, 6) is -0.641. The molecule has 0 N–H and O–H groups in total. The smallest absolute Gasteiger partial charge is 0.168 e. The second-order valence-corrected chi connectivity index (χ2v) is 5.61. The van der Waals surface area contributed by atoms with Gasteiger partial charge < -0.3 is 0 Å². The van der Waals surface area contributed by atoms with Crippen LogP contribution in [0.25, 0.3) is 0 Å². The SMILES string of the molecule is CCc1ccc(CC(=O)c2ccc(Cl)c(F)c2)s1. The molecule has 4 heteroatoms. The summed E-state index contributed by atoms with van der Waals surface area (Å²) in [4.78, 5) is 14.2. The van der Waals surface area contributed by atoms with Crippen molar-refractivity contribution >= 4 is 28.7 Å². The third-order valence-electron chi connectivity index (χ3n) is 2.64. The van der Waals surface area contributed by atoms with Gasteiger partial charge in [0.2, 0.25) is 0 Å². The number of aryl methyl sites for hydroxylation is 1. The molecule has 94 valence electrons. The molecule has 0 bridgehead atoms. The number of thiophene rings is 1. The zero-order valence-electron chi connectivity index (χ0n) is 9.87. The van der Waals surface area contributed by atoms with Crippen LogP contribution in [0.15, 0.2) is 30.3 Å². The zero-order chi connectivity index (χ0) is 13.1. The van der Waals surface area contributed by atoms with Crippen LogP contribution in [0, 0.1) is 5.82 Å². The van der Waals surface area contributed by atoms with Crippen molar-refractivity contribution in [3.8, 4) is 0 Å². The fourth-order valence-electron chi connectivity index (χ4n) is 1.64. The molecule has 0 radical (unpaired) electrons. The molecule has 1 nitrogen and oxygen atoms in total. The van der Waals surface area contributed by atoms with Gasteiger partial charge in [0.1, 0.15) is 5.82 Å². The lowest BCUT2D eigenvalue weighted by Crippen LogP contribution is -2.02. The first-order valence-electron chi connectivity index (χ1n) is 5.66. The number of benzene rings is 1. The first-order chi connectivity index (χ1) is 8.60. The molecular weight excluding hydrogens is 271 g/mol. The molecular formula is C14H12ClFOS. The molecule has 2 aromatic rings. The number of rotatable bonds is 4. The molecule has 0 saturated carbocycles. The fraction of sp³-hybridized carbons (Fsp3) is 0.214. The van der Waals surface area contributed by atoms with E-state index in [4.69, 9.17) is 11.6 Å². The molecule has 18 heavy (non-hydrogen) atoms. The Morgan fingerprint density at radius 2 is 2.00 bits per heavy atom. The lowest BCUT2D eigenvalue weighted by atomic mass is 10.1. The van der Waals surface area contributed by atoms with Gasteiger partial charge in [-0.05, 0) is 36.8 Å². The Kier molecular flexibility index (Phi) is 4.15. The highest BCUT2D eigenvalue weighted by atomic mass is 35.5. The molecule has 0 aliphatic rings. The van der Waals surface area contributed by atoms with E-state index < -0.39 is 5.82 Å². The summed E-state index contributed by atoms with van der Waals surface area (Å²) in [6.45, 7) is 2.08. The Hall–Kier alpha value is -1.19. The molecule has 0 spiro atoms.